The van der Waals surface area contributed by atoms with Gasteiger partial charge in [0.1, 0.15) is 11.5 Å². The SMILES string of the molecule is Cl.O=C(c1cnc2c(C(F)(F)F)cccc2c1)N(Cc1ccc(O)cc1O)c1nccs1. The molecule has 32 heavy (non-hydrogen) atoms. The Balaban J connectivity index is 0.00000289. The second-order valence-electron chi connectivity index (χ2n) is 6.62. The maximum atomic E-state index is 13.3. The Labute approximate surface area is 190 Å². The fraction of sp³-hybridized carbons (Fsp3) is 0.0952. The summed E-state index contributed by atoms with van der Waals surface area (Å²) in [5, 5.41) is 21.8. The summed E-state index contributed by atoms with van der Waals surface area (Å²) in [6.45, 7) is -0.0703. The first kappa shape index (κ1) is 23.3. The normalized spacial score (nSPS) is 11.2. The van der Waals surface area contributed by atoms with E-state index in [1.807, 2.05) is 0 Å². The number of aromatic hydroxyl groups is 2. The molecular weight excluding hydrogens is 467 g/mol. The number of thiazole rings is 1. The number of benzene rings is 2. The first-order valence-electron chi connectivity index (χ1n) is 8.92. The average Bonchev–Trinajstić information content (AvgIpc) is 3.26. The van der Waals surface area contributed by atoms with Gasteiger partial charge in [-0.2, -0.15) is 13.2 Å². The Bertz CT molecular complexity index is 1270. The van der Waals surface area contributed by atoms with Gasteiger partial charge in [0.05, 0.1) is 23.2 Å². The van der Waals surface area contributed by atoms with Crippen LogP contribution in [-0.2, 0) is 12.7 Å². The molecule has 0 unspecified atom stereocenters. The molecule has 6 nitrogen and oxygen atoms in total. The Morgan fingerprint density at radius 2 is 1.88 bits per heavy atom. The van der Waals surface area contributed by atoms with Gasteiger partial charge in [-0.05, 0) is 24.3 Å². The largest absolute Gasteiger partial charge is 0.508 e. The van der Waals surface area contributed by atoms with E-state index >= 15 is 0 Å². The highest BCUT2D eigenvalue weighted by molar-refractivity contribution is 7.13. The number of phenolic OH excluding ortho intramolecular Hbond substituents is 2. The van der Waals surface area contributed by atoms with Gasteiger partial charge in [0.2, 0.25) is 0 Å². The van der Waals surface area contributed by atoms with E-state index in [9.17, 15) is 28.2 Å². The van der Waals surface area contributed by atoms with E-state index in [4.69, 9.17) is 0 Å². The molecular formula is C21H15ClF3N3O3S. The predicted molar refractivity (Wildman–Crippen MR) is 116 cm³/mol. The van der Waals surface area contributed by atoms with Crippen molar-refractivity contribution >= 4 is 45.7 Å². The highest BCUT2D eigenvalue weighted by Gasteiger charge is 2.33. The van der Waals surface area contributed by atoms with Crippen LogP contribution in [0.1, 0.15) is 21.5 Å². The van der Waals surface area contributed by atoms with Crippen LogP contribution >= 0.6 is 23.7 Å². The van der Waals surface area contributed by atoms with Gasteiger partial charge in [-0.15, -0.1) is 23.7 Å². The number of anilines is 1. The third kappa shape index (κ3) is 4.61. The van der Waals surface area contributed by atoms with Crippen LogP contribution in [0.5, 0.6) is 11.5 Å². The monoisotopic (exact) mass is 481 g/mol. The Morgan fingerprint density at radius 3 is 2.53 bits per heavy atom. The number of carbonyl (C=O) groups is 1. The third-order valence-corrected chi connectivity index (χ3v) is 5.35. The van der Waals surface area contributed by atoms with Crippen LogP contribution in [0, 0.1) is 0 Å². The van der Waals surface area contributed by atoms with Crippen molar-refractivity contribution in [2.75, 3.05) is 4.90 Å². The fourth-order valence-electron chi connectivity index (χ4n) is 3.09. The number of hydrogen-bond acceptors (Lipinski definition) is 6. The number of halogens is 4. The van der Waals surface area contributed by atoms with E-state index in [0.29, 0.717) is 10.7 Å². The summed E-state index contributed by atoms with van der Waals surface area (Å²) in [4.78, 5) is 22.6. The molecule has 0 fully saturated rings. The lowest BCUT2D eigenvalue weighted by Crippen LogP contribution is -2.30. The minimum Gasteiger partial charge on any atom is -0.508 e. The van der Waals surface area contributed by atoms with Gasteiger partial charge in [0.15, 0.2) is 5.13 Å². The van der Waals surface area contributed by atoms with Gasteiger partial charge in [-0.1, -0.05) is 12.1 Å². The molecule has 4 rings (SSSR count). The molecule has 2 aromatic heterocycles. The average molecular weight is 482 g/mol. The van der Waals surface area contributed by atoms with Crippen molar-refractivity contribution in [2.24, 2.45) is 0 Å². The van der Waals surface area contributed by atoms with Crippen molar-refractivity contribution < 1.29 is 28.2 Å². The number of pyridine rings is 1. The lowest BCUT2D eigenvalue weighted by Gasteiger charge is -2.21. The smallest absolute Gasteiger partial charge is 0.418 e. The van der Waals surface area contributed by atoms with E-state index in [1.165, 1.54) is 52.8 Å². The third-order valence-electron chi connectivity index (χ3n) is 4.56. The summed E-state index contributed by atoms with van der Waals surface area (Å²) < 4.78 is 39.7. The van der Waals surface area contributed by atoms with Gasteiger partial charge in [0, 0.05) is 34.8 Å². The maximum Gasteiger partial charge on any atom is 0.418 e. The molecule has 4 aromatic rings. The van der Waals surface area contributed by atoms with Crippen molar-refractivity contribution in [1.29, 1.82) is 0 Å². The molecule has 166 valence electrons. The van der Waals surface area contributed by atoms with E-state index in [2.05, 4.69) is 9.97 Å². The quantitative estimate of drug-likeness (QED) is 0.408. The van der Waals surface area contributed by atoms with Gasteiger partial charge in [0.25, 0.3) is 5.91 Å². The zero-order chi connectivity index (χ0) is 22.2. The van der Waals surface area contributed by atoms with Crippen LogP contribution in [0.25, 0.3) is 10.9 Å². The van der Waals surface area contributed by atoms with Crippen LogP contribution in [0.4, 0.5) is 18.3 Å². The van der Waals surface area contributed by atoms with Gasteiger partial charge in [-0.25, -0.2) is 4.98 Å². The lowest BCUT2D eigenvalue weighted by atomic mass is 10.1. The molecule has 11 heteroatoms. The summed E-state index contributed by atoms with van der Waals surface area (Å²) in [5.74, 6) is -0.886. The zero-order valence-corrected chi connectivity index (χ0v) is 17.7. The van der Waals surface area contributed by atoms with E-state index in [1.54, 1.807) is 5.38 Å². The topological polar surface area (TPSA) is 86.6 Å². The standard InChI is InChI=1S/C21H14F3N3O3S.ClH/c22-21(23,24)16-3-1-2-12-8-14(10-26-18(12)16)19(30)27(20-25-6-7-31-20)11-13-4-5-15(28)9-17(13)29;/h1-10,28-29H,11H2;1H. The molecule has 0 aliphatic carbocycles. The van der Waals surface area contributed by atoms with E-state index < -0.39 is 17.6 Å². The van der Waals surface area contributed by atoms with Crippen molar-refractivity contribution in [3.8, 4) is 11.5 Å². The van der Waals surface area contributed by atoms with Crippen molar-refractivity contribution in [3.05, 3.63) is 76.9 Å². The number of hydrogen-bond donors (Lipinski definition) is 2. The second-order valence-corrected chi connectivity index (χ2v) is 7.49. The van der Waals surface area contributed by atoms with Gasteiger partial charge < -0.3 is 10.2 Å². The molecule has 2 heterocycles. The van der Waals surface area contributed by atoms with E-state index in [0.717, 1.165) is 18.3 Å². The Morgan fingerprint density at radius 1 is 1.09 bits per heavy atom. The molecule has 2 aromatic carbocycles. The first-order chi connectivity index (χ1) is 14.7. The molecule has 0 radical (unpaired) electrons. The molecule has 2 N–H and O–H groups in total. The first-order valence-corrected chi connectivity index (χ1v) is 9.80. The second kappa shape index (κ2) is 9.01. The summed E-state index contributed by atoms with van der Waals surface area (Å²) in [7, 11) is 0. The van der Waals surface area contributed by atoms with Crippen molar-refractivity contribution in [3.63, 3.8) is 0 Å². The molecule has 0 atom stereocenters. The van der Waals surface area contributed by atoms with E-state index in [-0.39, 0.29) is 46.9 Å². The number of para-hydroxylation sites is 1. The molecule has 0 aliphatic rings. The molecule has 0 saturated carbocycles. The van der Waals surface area contributed by atoms with Crippen molar-refractivity contribution in [1.82, 2.24) is 9.97 Å². The molecule has 0 saturated heterocycles. The van der Waals surface area contributed by atoms with Gasteiger partial charge >= 0.3 is 6.18 Å². The number of amides is 1. The maximum absolute atomic E-state index is 13.3. The molecule has 0 spiro atoms. The zero-order valence-electron chi connectivity index (χ0n) is 16.1. The van der Waals surface area contributed by atoms with Crippen LogP contribution in [0.15, 0.2) is 60.2 Å². The van der Waals surface area contributed by atoms with Crippen LogP contribution < -0.4 is 4.90 Å². The summed E-state index contributed by atoms with van der Waals surface area (Å²) in [5.41, 5.74) is -0.701. The Hall–Kier alpha value is -3.37. The molecule has 0 aliphatic heterocycles. The minimum atomic E-state index is -4.57. The Kier molecular flexibility index (Phi) is 6.56. The number of fused-ring (bicyclic) bond motifs is 1. The number of aromatic nitrogens is 2. The van der Waals surface area contributed by atoms with Crippen LogP contribution in [-0.4, -0.2) is 26.1 Å². The lowest BCUT2D eigenvalue weighted by molar-refractivity contribution is -0.136. The number of nitrogens with zero attached hydrogens (tertiary/aromatic N) is 3. The van der Waals surface area contributed by atoms with Crippen molar-refractivity contribution in [2.45, 2.75) is 12.7 Å². The summed E-state index contributed by atoms with van der Waals surface area (Å²) in [6, 6.07) is 8.98. The van der Waals surface area contributed by atoms with Crippen LogP contribution in [0.3, 0.4) is 0 Å². The summed E-state index contributed by atoms with van der Waals surface area (Å²) in [6.07, 6.45) is -1.97. The number of carbonyl (C=O) groups excluding carboxylic acids is 1. The van der Waals surface area contributed by atoms with Gasteiger partial charge in [-0.3, -0.25) is 14.7 Å². The molecule has 1 amide bonds. The number of phenols is 2. The fourth-order valence-corrected chi connectivity index (χ4v) is 3.73. The number of alkyl halides is 3. The minimum absolute atomic E-state index is 0. The highest BCUT2D eigenvalue weighted by Crippen LogP contribution is 2.34. The molecule has 0 bridgehead atoms. The summed E-state index contributed by atoms with van der Waals surface area (Å²) >= 11 is 1.19. The highest BCUT2D eigenvalue weighted by atomic mass is 35.5. The predicted octanol–water partition coefficient (Wildman–Crippen LogP) is 5.39. The number of rotatable bonds is 4. The van der Waals surface area contributed by atoms with Crippen LogP contribution in [0.2, 0.25) is 0 Å².